The summed E-state index contributed by atoms with van der Waals surface area (Å²) in [6, 6.07) is 5.97. The minimum Gasteiger partial charge on any atom is -0.335 e. The van der Waals surface area contributed by atoms with Gasteiger partial charge in [-0.2, -0.15) is 0 Å². The molecule has 1 aromatic carbocycles. The zero-order valence-electron chi connectivity index (χ0n) is 9.33. The molecule has 2 bridgehead atoms. The van der Waals surface area contributed by atoms with Crippen LogP contribution in [0.25, 0.3) is 0 Å². The minimum absolute atomic E-state index is 0.0866. The highest BCUT2D eigenvalue weighted by molar-refractivity contribution is 9.10. The number of hydrogen-bond donors (Lipinski definition) is 0. The quantitative estimate of drug-likeness (QED) is 0.773. The van der Waals surface area contributed by atoms with Crippen molar-refractivity contribution in [1.29, 1.82) is 0 Å². The molecule has 1 aromatic rings. The summed E-state index contributed by atoms with van der Waals surface area (Å²) >= 11 is 9.54. The topological polar surface area (TPSA) is 20.3 Å². The van der Waals surface area contributed by atoms with Crippen LogP contribution >= 0.6 is 27.5 Å². The summed E-state index contributed by atoms with van der Waals surface area (Å²) in [4.78, 5) is 14.4. The summed E-state index contributed by atoms with van der Waals surface area (Å²) in [6.07, 6.45) is 3.61. The molecule has 2 aliphatic rings. The van der Waals surface area contributed by atoms with E-state index in [9.17, 15) is 4.79 Å². The van der Waals surface area contributed by atoms with E-state index in [1.807, 2.05) is 17.0 Å². The fourth-order valence-corrected chi connectivity index (χ4v) is 3.57. The Morgan fingerprint density at radius 3 is 2.88 bits per heavy atom. The highest BCUT2D eigenvalue weighted by Gasteiger charge is 2.40. The van der Waals surface area contributed by atoms with Gasteiger partial charge in [-0.05, 0) is 53.2 Å². The molecule has 1 saturated heterocycles. The molecular weight excluding hydrogens is 302 g/mol. The maximum Gasteiger partial charge on any atom is 0.255 e. The summed E-state index contributed by atoms with van der Waals surface area (Å²) < 4.78 is 0.786. The fourth-order valence-electron chi connectivity index (χ4n) is 3.00. The number of carbonyl (C=O) groups excluding carboxylic acids is 1. The van der Waals surface area contributed by atoms with Gasteiger partial charge in [0.1, 0.15) is 0 Å². The molecular formula is C13H13BrClNO. The Kier molecular flexibility index (Phi) is 2.91. The molecule has 3 rings (SSSR count). The van der Waals surface area contributed by atoms with Crippen LogP contribution in [0.5, 0.6) is 0 Å². The van der Waals surface area contributed by atoms with Crippen molar-refractivity contribution in [3.8, 4) is 0 Å². The number of carbonyl (C=O) groups is 1. The number of fused-ring (bicyclic) bond motifs is 2. The second-order valence-electron chi connectivity index (χ2n) is 4.89. The van der Waals surface area contributed by atoms with Crippen LogP contribution in [0.15, 0.2) is 22.7 Å². The maximum absolute atomic E-state index is 12.4. The molecule has 1 aliphatic carbocycles. The first-order chi connectivity index (χ1) is 8.16. The maximum atomic E-state index is 12.4. The van der Waals surface area contributed by atoms with Crippen molar-refractivity contribution in [3.05, 3.63) is 33.3 Å². The molecule has 2 atom stereocenters. The third kappa shape index (κ3) is 1.89. The minimum atomic E-state index is 0.0866. The molecule has 0 radical (unpaired) electrons. The zero-order valence-corrected chi connectivity index (χ0v) is 11.7. The monoisotopic (exact) mass is 313 g/mol. The third-order valence-electron chi connectivity index (χ3n) is 3.85. The van der Waals surface area contributed by atoms with Crippen LogP contribution in [0.2, 0.25) is 5.02 Å². The molecule has 1 aliphatic heterocycles. The lowest BCUT2D eigenvalue weighted by Crippen LogP contribution is -2.37. The number of likely N-dealkylation sites (tertiary alicyclic amines) is 1. The summed E-state index contributed by atoms with van der Waals surface area (Å²) in [5.41, 5.74) is 0.619. The number of nitrogens with zero attached hydrogens (tertiary/aromatic N) is 1. The van der Waals surface area contributed by atoms with E-state index >= 15 is 0 Å². The van der Waals surface area contributed by atoms with Crippen molar-refractivity contribution < 1.29 is 4.79 Å². The number of hydrogen-bond acceptors (Lipinski definition) is 1. The molecule has 0 aromatic heterocycles. The first-order valence-electron chi connectivity index (χ1n) is 5.92. The molecule has 17 heavy (non-hydrogen) atoms. The Labute approximate surface area is 114 Å². The normalized spacial score (nSPS) is 26.6. The zero-order chi connectivity index (χ0) is 12.0. The van der Waals surface area contributed by atoms with Crippen LogP contribution in [0, 0.1) is 5.92 Å². The first kappa shape index (κ1) is 11.5. The fraction of sp³-hybridized carbons (Fsp3) is 0.462. The van der Waals surface area contributed by atoms with Crippen molar-refractivity contribution >= 4 is 33.4 Å². The van der Waals surface area contributed by atoms with Gasteiger partial charge >= 0.3 is 0 Å². The predicted octanol–water partition coefficient (Wildman–Crippen LogP) is 3.73. The van der Waals surface area contributed by atoms with Crippen molar-refractivity contribution in [3.63, 3.8) is 0 Å². The molecule has 0 spiro atoms. The molecule has 1 heterocycles. The third-order valence-corrected chi connectivity index (χ3v) is 5.15. The highest BCUT2D eigenvalue weighted by Crippen LogP contribution is 2.39. The number of amides is 1. The van der Waals surface area contributed by atoms with E-state index in [1.165, 1.54) is 12.8 Å². The van der Waals surface area contributed by atoms with Crippen molar-refractivity contribution in [1.82, 2.24) is 4.90 Å². The number of piperidine rings is 1. The van der Waals surface area contributed by atoms with Gasteiger partial charge in [0.05, 0.1) is 10.6 Å². The van der Waals surface area contributed by atoms with Gasteiger partial charge in [0.15, 0.2) is 0 Å². The van der Waals surface area contributed by atoms with Gasteiger partial charge in [-0.15, -0.1) is 0 Å². The Balaban J connectivity index is 1.89. The van der Waals surface area contributed by atoms with Crippen LogP contribution < -0.4 is 0 Å². The van der Waals surface area contributed by atoms with Gasteiger partial charge in [-0.3, -0.25) is 4.79 Å². The van der Waals surface area contributed by atoms with E-state index in [2.05, 4.69) is 15.9 Å². The van der Waals surface area contributed by atoms with Crippen LogP contribution in [0.3, 0.4) is 0 Å². The summed E-state index contributed by atoms with van der Waals surface area (Å²) in [7, 11) is 0. The van der Waals surface area contributed by atoms with Gasteiger partial charge in [-0.1, -0.05) is 17.7 Å². The number of benzene rings is 1. The second-order valence-corrected chi connectivity index (χ2v) is 6.12. The van der Waals surface area contributed by atoms with E-state index in [-0.39, 0.29) is 5.91 Å². The van der Waals surface area contributed by atoms with Crippen LogP contribution in [0.4, 0.5) is 0 Å². The molecule has 1 saturated carbocycles. The van der Waals surface area contributed by atoms with E-state index in [4.69, 9.17) is 11.6 Å². The Morgan fingerprint density at radius 2 is 2.24 bits per heavy atom. The van der Waals surface area contributed by atoms with E-state index < -0.39 is 0 Å². The van der Waals surface area contributed by atoms with Gasteiger partial charge < -0.3 is 4.90 Å². The molecule has 2 fully saturated rings. The Bertz CT molecular complexity index is 476. The summed E-state index contributed by atoms with van der Waals surface area (Å²) in [6.45, 7) is 0.909. The predicted molar refractivity (Wildman–Crippen MR) is 71.3 cm³/mol. The second kappa shape index (κ2) is 4.29. The lowest BCUT2D eigenvalue weighted by Gasteiger charge is -2.27. The summed E-state index contributed by atoms with van der Waals surface area (Å²) in [5.74, 6) is 0.804. The highest BCUT2D eigenvalue weighted by atomic mass is 79.9. The molecule has 1 amide bonds. The lowest BCUT2D eigenvalue weighted by molar-refractivity contribution is 0.0704. The smallest absolute Gasteiger partial charge is 0.255 e. The summed E-state index contributed by atoms with van der Waals surface area (Å²) in [5, 5.41) is 0.528. The van der Waals surface area contributed by atoms with Crippen molar-refractivity contribution in [2.24, 2.45) is 5.92 Å². The molecule has 0 N–H and O–H groups in total. The standard InChI is InChI=1S/C13H13BrClNO/c14-11-3-1-2-10(12(11)15)13(17)16-7-8-4-5-9(16)6-8/h1-3,8-9H,4-7H2. The average molecular weight is 315 g/mol. The van der Waals surface area contributed by atoms with E-state index in [0.29, 0.717) is 16.6 Å². The van der Waals surface area contributed by atoms with Crippen LogP contribution in [-0.2, 0) is 0 Å². The lowest BCUT2D eigenvalue weighted by atomic mass is 10.1. The van der Waals surface area contributed by atoms with Gasteiger partial charge in [-0.25, -0.2) is 0 Å². The SMILES string of the molecule is O=C(c1cccc(Br)c1Cl)N1CC2CCC1C2. The van der Waals surface area contributed by atoms with Crippen molar-refractivity contribution in [2.45, 2.75) is 25.3 Å². The van der Waals surface area contributed by atoms with Gasteiger partial charge in [0, 0.05) is 17.1 Å². The molecule has 90 valence electrons. The number of halogens is 2. The van der Waals surface area contributed by atoms with E-state index in [0.717, 1.165) is 23.4 Å². The number of rotatable bonds is 1. The van der Waals surface area contributed by atoms with Gasteiger partial charge in [0.25, 0.3) is 5.91 Å². The molecule has 2 nitrogen and oxygen atoms in total. The molecule has 4 heteroatoms. The first-order valence-corrected chi connectivity index (χ1v) is 7.09. The largest absolute Gasteiger partial charge is 0.335 e. The Hall–Kier alpha value is -0.540. The van der Waals surface area contributed by atoms with E-state index in [1.54, 1.807) is 6.07 Å². The Morgan fingerprint density at radius 1 is 1.41 bits per heavy atom. The average Bonchev–Trinajstić information content (AvgIpc) is 2.94. The van der Waals surface area contributed by atoms with Crippen LogP contribution in [0.1, 0.15) is 29.6 Å². The van der Waals surface area contributed by atoms with Gasteiger partial charge in [0.2, 0.25) is 0 Å². The van der Waals surface area contributed by atoms with Crippen LogP contribution in [-0.4, -0.2) is 23.4 Å². The molecule has 2 unspecified atom stereocenters. The van der Waals surface area contributed by atoms with Crippen molar-refractivity contribution in [2.75, 3.05) is 6.54 Å².